The van der Waals surface area contributed by atoms with Crippen molar-refractivity contribution in [2.45, 2.75) is 89.9 Å². The zero-order valence-corrected chi connectivity index (χ0v) is 16.0. The van der Waals surface area contributed by atoms with Crippen molar-refractivity contribution < 1.29 is 0 Å². The lowest BCUT2D eigenvalue weighted by molar-refractivity contribution is 0.535. The Bertz CT molecular complexity index is 225. The molecular formula is C17H34ClNS2. The van der Waals surface area contributed by atoms with E-state index in [1.807, 2.05) is 0 Å². The van der Waals surface area contributed by atoms with E-state index in [1.54, 1.807) is 0 Å². The molecule has 0 spiro atoms. The van der Waals surface area contributed by atoms with E-state index in [4.69, 9.17) is 23.8 Å². The SMILES string of the molecule is S=C(S)NCCCCCCCCCCCCCCCCCl. The van der Waals surface area contributed by atoms with Crippen LogP contribution < -0.4 is 5.32 Å². The molecule has 0 fully saturated rings. The number of nitrogens with one attached hydrogen (secondary N) is 1. The second-order valence-electron chi connectivity index (χ2n) is 5.87. The normalized spacial score (nSPS) is 10.8. The molecule has 1 nitrogen and oxygen atoms in total. The summed E-state index contributed by atoms with van der Waals surface area (Å²) in [6.07, 6.45) is 19.1. The average Bonchev–Trinajstić information content (AvgIpc) is 2.46. The fourth-order valence-electron chi connectivity index (χ4n) is 2.54. The molecular weight excluding hydrogens is 318 g/mol. The summed E-state index contributed by atoms with van der Waals surface area (Å²) in [5.74, 6) is 0.832. The number of alkyl halides is 1. The quantitative estimate of drug-likeness (QED) is 0.143. The van der Waals surface area contributed by atoms with Gasteiger partial charge in [-0.1, -0.05) is 89.3 Å². The van der Waals surface area contributed by atoms with Crippen LogP contribution >= 0.6 is 36.4 Å². The monoisotopic (exact) mass is 351 g/mol. The predicted molar refractivity (Wildman–Crippen MR) is 105 cm³/mol. The van der Waals surface area contributed by atoms with Crippen LogP contribution in [-0.4, -0.2) is 16.7 Å². The summed E-state index contributed by atoms with van der Waals surface area (Å²) in [7, 11) is 0. The zero-order chi connectivity index (χ0) is 15.6. The number of rotatable bonds is 16. The molecule has 0 rings (SSSR count). The largest absolute Gasteiger partial charge is 0.371 e. The molecule has 0 saturated heterocycles. The van der Waals surface area contributed by atoms with Crippen molar-refractivity contribution in [3.63, 3.8) is 0 Å². The van der Waals surface area contributed by atoms with Crippen LogP contribution in [-0.2, 0) is 0 Å². The van der Waals surface area contributed by atoms with E-state index in [9.17, 15) is 0 Å². The Morgan fingerprint density at radius 3 is 1.33 bits per heavy atom. The van der Waals surface area contributed by atoms with Gasteiger partial charge >= 0.3 is 0 Å². The molecule has 0 bridgehead atoms. The Hall–Kier alpha value is 0.530. The van der Waals surface area contributed by atoms with E-state index in [0.29, 0.717) is 4.32 Å². The molecule has 0 saturated carbocycles. The third kappa shape index (κ3) is 20.5. The van der Waals surface area contributed by atoms with Crippen molar-refractivity contribution in [2.24, 2.45) is 0 Å². The van der Waals surface area contributed by atoms with Gasteiger partial charge in [-0.15, -0.1) is 24.2 Å². The van der Waals surface area contributed by atoms with Gasteiger partial charge in [0, 0.05) is 12.4 Å². The maximum Gasteiger partial charge on any atom is 0.130 e. The molecule has 0 radical (unpaired) electrons. The van der Waals surface area contributed by atoms with Crippen LogP contribution in [0.2, 0.25) is 0 Å². The van der Waals surface area contributed by atoms with Crippen LogP contribution in [0.25, 0.3) is 0 Å². The summed E-state index contributed by atoms with van der Waals surface area (Å²) in [5, 5.41) is 3.08. The first-order valence-electron chi connectivity index (χ1n) is 8.80. The van der Waals surface area contributed by atoms with Crippen molar-refractivity contribution in [3.05, 3.63) is 0 Å². The van der Waals surface area contributed by atoms with E-state index in [1.165, 1.54) is 89.9 Å². The first kappa shape index (κ1) is 21.5. The van der Waals surface area contributed by atoms with Crippen molar-refractivity contribution in [1.29, 1.82) is 0 Å². The Morgan fingerprint density at radius 2 is 1.00 bits per heavy atom. The molecule has 1 N–H and O–H groups in total. The molecule has 0 heterocycles. The highest BCUT2D eigenvalue weighted by Crippen LogP contribution is 2.13. The Labute approximate surface area is 148 Å². The summed E-state index contributed by atoms with van der Waals surface area (Å²) in [4.78, 5) is 0. The number of unbranched alkanes of at least 4 members (excludes halogenated alkanes) is 13. The smallest absolute Gasteiger partial charge is 0.130 e. The van der Waals surface area contributed by atoms with Crippen LogP contribution in [0.3, 0.4) is 0 Å². The minimum atomic E-state index is 0.619. The van der Waals surface area contributed by atoms with Crippen molar-refractivity contribution >= 4 is 40.8 Å². The Morgan fingerprint density at radius 1 is 0.667 bits per heavy atom. The van der Waals surface area contributed by atoms with Crippen LogP contribution in [0.4, 0.5) is 0 Å². The van der Waals surface area contributed by atoms with Gasteiger partial charge in [-0.25, -0.2) is 0 Å². The van der Waals surface area contributed by atoms with Gasteiger partial charge in [-0.3, -0.25) is 0 Å². The van der Waals surface area contributed by atoms with E-state index in [2.05, 4.69) is 17.9 Å². The molecule has 0 atom stereocenters. The lowest BCUT2D eigenvalue weighted by Crippen LogP contribution is -2.17. The number of halogens is 1. The summed E-state index contributed by atoms with van der Waals surface area (Å²) >= 11 is 14.5. The van der Waals surface area contributed by atoms with Crippen LogP contribution in [0.15, 0.2) is 0 Å². The third-order valence-corrected chi connectivity index (χ3v) is 4.41. The van der Waals surface area contributed by atoms with Gasteiger partial charge in [0.05, 0.1) is 0 Å². The molecule has 4 heteroatoms. The molecule has 0 unspecified atom stereocenters. The van der Waals surface area contributed by atoms with Gasteiger partial charge in [-0.05, 0) is 12.8 Å². The second-order valence-corrected chi connectivity index (χ2v) is 7.41. The minimum Gasteiger partial charge on any atom is -0.371 e. The summed E-state index contributed by atoms with van der Waals surface area (Å²) in [6.45, 7) is 0.979. The maximum atomic E-state index is 5.66. The average molecular weight is 352 g/mol. The third-order valence-electron chi connectivity index (χ3n) is 3.84. The predicted octanol–water partition coefficient (Wildman–Crippen LogP) is 6.49. The molecule has 126 valence electrons. The molecule has 0 aromatic heterocycles. The van der Waals surface area contributed by atoms with Gasteiger partial charge in [-0.2, -0.15) is 0 Å². The van der Waals surface area contributed by atoms with E-state index >= 15 is 0 Å². The lowest BCUT2D eigenvalue weighted by atomic mass is 10.0. The second kappa shape index (κ2) is 18.6. The molecule has 0 aromatic rings. The molecule has 0 aromatic carbocycles. The zero-order valence-electron chi connectivity index (χ0n) is 13.5. The van der Waals surface area contributed by atoms with Gasteiger partial charge in [0.2, 0.25) is 0 Å². The van der Waals surface area contributed by atoms with Crippen molar-refractivity contribution in [3.8, 4) is 0 Å². The van der Waals surface area contributed by atoms with Crippen LogP contribution in [0.5, 0.6) is 0 Å². The maximum absolute atomic E-state index is 5.66. The molecule has 21 heavy (non-hydrogen) atoms. The van der Waals surface area contributed by atoms with Gasteiger partial charge in [0.25, 0.3) is 0 Å². The van der Waals surface area contributed by atoms with Gasteiger partial charge in [0.15, 0.2) is 0 Å². The number of hydrogen-bond acceptors (Lipinski definition) is 1. The molecule has 0 aliphatic rings. The summed E-state index contributed by atoms with van der Waals surface area (Å²) in [6, 6.07) is 0. The topological polar surface area (TPSA) is 12.0 Å². The number of hydrogen-bond donors (Lipinski definition) is 2. The fourth-order valence-corrected chi connectivity index (χ4v) is 2.94. The van der Waals surface area contributed by atoms with Crippen LogP contribution in [0.1, 0.15) is 89.9 Å². The summed E-state index contributed by atoms with van der Waals surface area (Å²) in [5.41, 5.74) is 0. The fraction of sp³-hybridized carbons (Fsp3) is 0.941. The highest BCUT2D eigenvalue weighted by molar-refractivity contribution is 8.11. The Kier molecular flexibility index (Phi) is 19.0. The highest BCUT2D eigenvalue weighted by Gasteiger charge is 1.94. The highest BCUT2D eigenvalue weighted by atomic mass is 35.5. The molecule has 0 aliphatic carbocycles. The minimum absolute atomic E-state index is 0.619. The van der Waals surface area contributed by atoms with E-state index in [0.717, 1.165) is 12.4 Å². The molecule has 0 amide bonds. The standard InChI is InChI=1S/C17H34ClNS2/c18-15-13-11-9-7-5-3-1-2-4-6-8-10-12-14-16-19-17(20)21/h1-16H2,(H2,19,20,21). The first-order valence-corrected chi connectivity index (χ1v) is 10.2. The number of thiocarbonyl (C=S) groups is 1. The van der Waals surface area contributed by atoms with Crippen molar-refractivity contribution in [2.75, 3.05) is 12.4 Å². The van der Waals surface area contributed by atoms with E-state index in [-0.39, 0.29) is 0 Å². The summed E-state index contributed by atoms with van der Waals surface area (Å²) < 4.78 is 0.619. The lowest BCUT2D eigenvalue weighted by Gasteiger charge is -2.04. The number of thiol groups is 1. The molecule has 0 aliphatic heterocycles. The van der Waals surface area contributed by atoms with Gasteiger partial charge < -0.3 is 5.32 Å². The van der Waals surface area contributed by atoms with Crippen molar-refractivity contribution in [1.82, 2.24) is 5.32 Å². The Balaban J connectivity index is 2.95. The van der Waals surface area contributed by atoms with Gasteiger partial charge in [0.1, 0.15) is 4.32 Å². The first-order chi connectivity index (χ1) is 10.3. The van der Waals surface area contributed by atoms with E-state index < -0.39 is 0 Å². The van der Waals surface area contributed by atoms with Crippen LogP contribution in [0, 0.1) is 0 Å².